The Kier molecular flexibility index (Phi) is 5.75. The summed E-state index contributed by atoms with van der Waals surface area (Å²) in [6.07, 6.45) is 0. The first-order chi connectivity index (χ1) is 8.43. The molecule has 0 spiro atoms. The monoisotopic (exact) mass is 314 g/mol. The molecule has 0 aliphatic heterocycles. The Morgan fingerprint density at radius 1 is 1.44 bits per heavy atom. The summed E-state index contributed by atoms with van der Waals surface area (Å²) in [5.41, 5.74) is 1.11. The van der Waals surface area contributed by atoms with E-state index in [1.165, 1.54) is 0 Å². The second-order valence-corrected chi connectivity index (χ2v) is 5.62. The van der Waals surface area contributed by atoms with Crippen LogP contribution in [0.5, 0.6) is 0 Å². The van der Waals surface area contributed by atoms with E-state index in [9.17, 15) is 10.1 Å². The second kappa shape index (κ2) is 6.85. The van der Waals surface area contributed by atoms with Gasteiger partial charge in [0.1, 0.15) is 0 Å². The third kappa shape index (κ3) is 4.38. The molecule has 100 valence electrons. The van der Waals surface area contributed by atoms with Gasteiger partial charge in [-0.15, -0.1) is 0 Å². The molecule has 1 aromatic carbocycles. The number of hydrogen-bond donors (Lipinski definition) is 0. The maximum Gasteiger partial charge on any atom is 0.283 e. The van der Waals surface area contributed by atoms with Crippen LogP contribution >= 0.6 is 15.9 Å². The maximum absolute atomic E-state index is 10.9. The van der Waals surface area contributed by atoms with E-state index in [-0.39, 0.29) is 10.6 Å². The number of rotatable bonds is 6. The fourth-order valence-electron chi connectivity index (χ4n) is 1.88. The van der Waals surface area contributed by atoms with E-state index in [2.05, 4.69) is 41.6 Å². The maximum atomic E-state index is 10.9. The van der Waals surface area contributed by atoms with Crippen LogP contribution in [0.1, 0.15) is 26.3 Å². The molecule has 0 unspecified atom stereocenters. The molecule has 0 saturated carbocycles. The lowest BCUT2D eigenvalue weighted by molar-refractivity contribution is -0.385. The molecule has 1 aromatic rings. The average Bonchev–Trinajstić information content (AvgIpc) is 2.29. The van der Waals surface area contributed by atoms with Crippen LogP contribution in [0.4, 0.5) is 5.69 Å². The summed E-state index contributed by atoms with van der Waals surface area (Å²) in [5.74, 6) is 0.593. The first-order valence-electron chi connectivity index (χ1n) is 6.09. The van der Waals surface area contributed by atoms with E-state index >= 15 is 0 Å². The third-order valence-electron chi connectivity index (χ3n) is 2.68. The number of halogens is 1. The number of hydrogen-bond acceptors (Lipinski definition) is 3. The van der Waals surface area contributed by atoms with Crippen molar-refractivity contribution in [3.63, 3.8) is 0 Å². The van der Waals surface area contributed by atoms with Gasteiger partial charge in [-0.2, -0.15) is 0 Å². The van der Waals surface area contributed by atoms with Gasteiger partial charge in [-0.3, -0.25) is 15.0 Å². The Labute approximate surface area is 116 Å². The topological polar surface area (TPSA) is 46.4 Å². The van der Waals surface area contributed by atoms with Gasteiger partial charge < -0.3 is 0 Å². The predicted octanol–water partition coefficient (Wildman–Crippen LogP) is 3.84. The Morgan fingerprint density at radius 3 is 2.61 bits per heavy atom. The van der Waals surface area contributed by atoms with Crippen LogP contribution in [0.2, 0.25) is 0 Å². The summed E-state index contributed by atoms with van der Waals surface area (Å²) in [4.78, 5) is 12.8. The van der Waals surface area contributed by atoms with Crippen molar-refractivity contribution in [3.8, 4) is 0 Å². The zero-order chi connectivity index (χ0) is 13.7. The lowest BCUT2D eigenvalue weighted by Gasteiger charge is -2.22. The number of benzene rings is 1. The lowest BCUT2D eigenvalue weighted by Crippen LogP contribution is -2.27. The lowest BCUT2D eigenvalue weighted by atomic mass is 10.1. The molecule has 18 heavy (non-hydrogen) atoms. The van der Waals surface area contributed by atoms with Crippen LogP contribution in [0.25, 0.3) is 0 Å². The highest BCUT2D eigenvalue weighted by Crippen LogP contribution is 2.26. The summed E-state index contributed by atoms with van der Waals surface area (Å²) < 4.78 is 0.531. The summed E-state index contributed by atoms with van der Waals surface area (Å²) in [6, 6.07) is 5.32. The number of nitrogens with zero attached hydrogens (tertiary/aromatic N) is 2. The van der Waals surface area contributed by atoms with Crippen molar-refractivity contribution < 1.29 is 4.92 Å². The minimum absolute atomic E-state index is 0.133. The van der Waals surface area contributed by atoms with Crippen molar-refractivity contribution in [1.82, 2.24) is 4.90 Å². The Balaban J connectivity index is 2.83. The second-order valence-electron chi connectivity index (χ2n) is 4.76. The predicted molar refractivity (Wildman–Crippen MR) is 76.6 cm³/mol. The van der Waals surface area contributed by atoms with Gasteiger partial charge in [-0.1, -0.05) is 26.8 Å². The molecule has 1 rings (SSSR count). The smallest absolute Gasteiger partial charge is 0.283 e. The molecule has 0 aromatic heterocycles. The molecular weight excluding hydrogens is 296 g/mol. The Morgan fingerprint density at radius 2 is 2.11 bits per heavy atom. The van der Waals surface area contributed by atoms with Gasteiger partial charge in [0.15, 0.2) is 0 Å². The van der Waals surface area contributed by atoms with Gasteiger partial charge in [-0.25, -0.2) is 0 Å². The Hall–Kier alpha value is -0.940. The molecule has 4 nitrogen and oxygen atoms in total. The minimum atomic E-state index is -0.355. The highest BCUT2D eigenvalue weighted by Gasteiger charge is 2.14. The van der Waals surface area contributed by atoms with Crippen molar-refractivity contribution in [1.29, 1.82) is 0 Å². The van der Waals surface area contributed by atoms with E-state index in [1.807, 2.05) is 6.07 Å². The molecule has 0 heterocycles. The molecule has 5 heteroatoms. The first kappa shape index (κ1) is 15.1. The van der Waals surface area contributed by atoms with Gasteiger partial charge in [0.05, 0.1) is 9.40 Å². The molecule has 0 aliphatic carbocycles. The van der Waals surface area contributed by atoms with E-state index in [1.54, 1.807) is 12.1 Å². The van der Waals surface area contributed by atoms with E-state index in [0.29, 0.717) is 10.4 Å². The molecule has 0 fully saturated rings. The van der Waals surface area contributed by atoms with E-state index < -0.39 is 0 Å². The first-order valence-corrected chi connectivity index (χ1v) is 6.88. The largest absolute Gasteiger partial charge is 0.299 e. The molecule has 0 radical (unpaired) electrons. The average molecular weight is 315 g/mol. The molecule has 0 saturated heterocycles. The van der Waals surface area contributed by atoms with Crippen molar-refractivity contribution >= 4 is 21.6 Å². The van der Waals surface area contributed by atoms with Crippen LogP contribution in [0, 0.1) is 16.0 Å². The Bertz CT molecular complexity index is 421. The summed E-state index contributed by atoms with van der Waals surface area (Å²) in [5, 5.41) is 10.9. The highest BCUT2D eigenvalue weighted by atomic mass is 79.9. The van der Waals surface area contributed by atoms with Gasteiger partial charge >= 0.3 is 0 Å². The molecular formula is C13H19BrN2O2. The minimum Gasteiger partial charge on any atom is -0.299 e. The normalized spacial score (nSPS) is 11.2. The van der Waals surface area contributed by atoms with Gasteiger partial charge in [0, 0.05) is 19.2 Å². The standard InChI is InChI=1S/C13H19BrN2O2/c1-4-15(8-10(2)3)9-11-5-6-12(14)13(7-11)16(17)18/h5-7,10H,4,8-9H2,1-3H3. The summed E-state index contributed by atoms with van der Waals surface area (Å²) in [7, 11) is 0. The molecule has 0 aliphatic rings. The SMILES string of the molecule is CCN(Cc1ccc(Br)c([N+](=O)[O-])c1)CC(C)C. The van der Waals surface area contributed by atoms with Gasteiger partial charge in [-0.05, 0) is 40.0 Å². The zero-order valence-corrected chi connectivity index (χ0v) is 12.6. The van der Waals surface area contributed by atoms with Crippen LogP contribution in [-0.2, 0) is 6.54 Å². The van der Waals surface area contributed by atoms with Crippen molar-refractivity contribution in [2.45, 2.75) is 27.3 Å². The van der Waals surface area contributed by atoms with Gasteiger partial charge in [0.2, 0.25) is 0 Å². The van der Waals surface area contributed by atoms with Crippen LogP contribution < -0.4 is 0 Å². The van der Waals surface area contributed by atoms with Crippen molar-refractivity contribution in [2.24, 2.45) is 5.92 Å². The van der Waals surface area contributed by atoms with Crippen LogP contribution in [0.3, 0.4) is 0 Å². The summed E-state index contributed by atoms with van der Waals surface area (Å²) in [6.45, 7) is 9.15. The van der Waals surface area contributed by atoms with E-state index in [4.69, 9.17) is 0 Å². The van der Waals surface area contributed by atoms with Gasteiger partial charge in [0.25, 0.3) is 5.69 Å². The number of nitro benzene ring substituents is 1. The molecule has 0 amide bonds. The van der Waals surface area contributed by atoms with E-state index in [0.717, 1.165) is 25.2 Å². The number of nitro groups is 1. The van der Waals surface area contributed by atoms with Crippen LogP contribution in [-0.4, -0.2) is 22.9 Å². The van der Waals surface area contributed by atoms with Crippen molar-refractivity contribution in [2.75, 3.05) is 13.1 Å². The highest BCUT2D eigenvalue weighted by molar-refractivity contribution is 9.10. The molecule has 0 atom stereocenters. The van der Waals surface area contributed by atoms with Crippen LogP contribution in [0.15, 0.2) is 22.7 Å². The summed E-state index contributed by atoms with van der Waals surface area (Å²) >= 11 is 3.20. The van der Waals surface area contributed by atoms with Crippen molar-refractivity contribution in [3.05, 3.63) is 38.3 Å². The fraction of sp³-hybridized carbons (Fsp3) is 0.538. The fourth-order valence-corrected chi connectivity index (χ4v) is 2.27. The molecule has 0 N–H and O–H groups in total. The quantitative estimate of drug-likeness (QED) is 0.592. The zero-order valence-electron chi connectivity index (χ0n) is 11.0. The third-order valence-corrected chi connectivity index (χ3v) is 3.35. The molecule has 0 bridgehead atoms.